The fourth-order valence-corrected chi connectivity index (χ4v) is 1.02. The molecule has 0 amide bonds. The number of hydrogen-bond acceptors (Lipinski definition) is 2. The topological polar surface area (TPSA) is 12.4 Å². The Kier molecular flexibility index (Phi) is 2.35. The van der Waals surface area contributed by atoms with Gasteiger partial charge in [0.25, 0.3) is 0 Å². The van der Waals surface area contributed by atoms with Gasteiger partial charge in [0.05, 0.1) is 10.7 Å². The molecule has 0 heterocycles. The Morgan fingerprint density at radius 1 is 1.50 bits per heavy atom. The van der Waals surface area contributed by atoms with Crippen LogP contribution in [0, 0.1) is 0 Å². The number of nitrogens with zero attached hydrogens (tertiary/aromatic N) is 1. The average molecular weight is 172 g/mol. The molecule has 0 aliphatic rings. The summed E-state index contributed by atoms with van der Waals surface area (Å²) in [6.07, 6.45) is 0. The summed E-state index contributed by atoms with van der Waals surface area (Å²) in [6.45, 7) is 3.38. The molecule has 0 N–H and O–H groups in total. The van der Waals surface area contributed by atoms with E-state index in [1.807, 2.05) is 6.07 Å². The molecule has 0 saturated heterocycles. The zero-order chi connectivity index (χ0) is 7.56. The van der Waals surface area contributed by atoms with Gasteiger partial charge in [0.1, 0.15) is 0 Å². The Bertz CT molecular complexity index is 260. The molecule has 0 fully saturated rings. The molecule has 3 heteroatoms. The van der Waals surface area contributed by atoms with Gasteiger partial charge in [0.15, 0.2) is 0 Å². The third-order valence-electron chi connectivity index (χ3n) is 1.14. The van der Waals surface area contributed by atoms with E-state index in [4.69, 9.17) is 11.6 Å². The summed E-state index contributed by atoms with van der Waals surface area (Å²) in [7, 11) is 0. The second kappa shape index (κ2) is 3.08. The highest BCUT2D eigenvalue weighted by atomic mass is 35.5. The number of benzene rings is 1. The molecule has 52 valence electrons. The van der Waals surface area contributed by atoms with Crippen molar-refractivity contribution in [3.05, 3.63) is 23.2 Å². The molecular formula is C7H6ClNS. The van der Waals surface area contributed by atoms with Gasteiger partial charge < -0.3 is 0 Å². The molecule has 0 aromatic heterocycles. The van der Waals surface area contributed by atoms with Gasteiger partial charge in [-0.25, -0.2) is 0 Å². The molecule has 1 rings (SSSR count). The van der Waals surface area contributed by atoms with Gasteiger partial charge in [-0.1, -0.05) is 17.7 Å². The van der Waals surface area contributed by atoms with E-state index in [0.29, 0.717) is 9.92 Å². The van der Waals surface area contributed by atoms with Crippen molar-refractivity contribution in [3.63, 3.8) is 0 Å². The first-order valence-electron chi connectivity index (χ1n) is 2.70. The van der Waals surface area contributed by atoms with Crippen LogP contribution in [0.4, 0.5) is 5.69 Å². The Morgan fingerprint density at radius 2 is 2.20 bits per heavy atom. The monoisotopic (exact) mass is 171 g/mol. The quantitative estimate of drug-likeness (QED) is 0.493. The van der Waals surface area contributed by atoms with E-state index in [1.54, 1.807) is 12.1 Å². The molecule has 1 nitrogen and oxygen atoms in total. The van der Waals surface area contributed by atoms with E-state index in [0.717, 1.165) is 5.69 Å². The summed E-state index contributed by atoms with van der Waals surface area (Å²) < 4.78 is 0. The lowest BCUT2D eigenvalue weighted by atomic mass is 10.3. The van der Waals surface area contributed by atoms with Crippen molar-refractivity contribution in [2.24, 2.45) is 4.99 Å². The minimum absolute atomic E-state index is 0.605. The SMILES string of the molecule is C=Nc1cccc(Cl)c1S. The van der Waals surface area contributed by atoms with Gasteiger partial charge in [-0.2, -0.15) is 0 Å². The van der Waals surface area contributed by atoms with Gasteiger partial charge in [-0.3, -0.25) is 4.99 Å². The van der Waals surface area contributed by atoms with Crippen LogP contribution in [-0.2, 0) is 0 Å². The maximum atomic E-state index is 5.73. The van der Waals surface area contributed by atoms with E-state index in [1.165, 1.54) is 0 Å². The molecule has 0 saturated carbocycles. The minimum atomic E-state index is 0.605. The van der Waals surface area contributed by atoms with Crippen LogP contribution in [0.3, 0.4) is 0 Å². The summed E-state index contributed by atoms with van der Waals surface area (Å²) in [5.41, 5.74) is 0.718. The molecule has 0 aliphatic carbocycles. The van der Waals surface area contributed by atoms with Gasteiger partial charge in [0, 0.05) is 4.90 Å². The van der Waals surface area contributed by atoms with Crippen LogP contribution < -0.4 is 0 Å². The zero-order valence-corrected chi connectivity index (χ0v) is 6.86. The fraction of sp³-hybridized carbons (Fsp3) is 0. The lowest BCUT2D eigenvalue weighted by molar-refractivity contribution is 1.40. The van der Waals surface area contributed by atoms with Crippen LogP contribution in [0.5, 0.6) is 0 Å². The molecule has 1 aromatic carbocycles. The molecule has 10 heavy (non-hydrogen) atoms. The second-order valence-electron chi connectivity index (χ2n) is 1.77. The van der Waals surface area contributed by atoms with Gasteiger partial charge in [0.2, 0.25) is 0 Å². The summed E-state index contributed by atoms with van der Waals surface area (Å²) in [6, 6.07) is 5.38. The molecule has 0 atom stereocenters. The maximum absolute atomic E-state index is 5.73. The number of rotatable bonds is 1. The summed E-state index contributed by atoms with van der Waals surface area (Å²) in [5, 5.41) is 0.605. The van der Waals surface area contributed by atoms with Crippen LogP contribution in [0.1, 0.15) is 0 Å². The van der Waals surface area contributed by atoms with Crippen molar-refractivity contribution in [2.45, 2.75) is 4.90 Å². The van der Waals surface area contributed by atoms with Crippen LogP contribution in [-0.4, -0.2) is 6.72 Å². The van der Waals surface area contributed by atoms with Gasteiger partial charge >= 0.3 is 0 Å². The van der Waals surface area contributed by atoms with Crippen molar-refractivity contribution < 1.29 is 0 Å². The van der Waals surface area contributed by atoms with Crippen LogP contribution in [0.15, 0.2) is 28.1 Å². The molecular weight excluding hydrogens is 166 g/mol. The summed E-state index contributed by atoms with van der Waals surface area (Å²) >= 11 is 9.85. The lowest BCUT2D eigenvalue weighted by Gasteiger charge is -1.98. The highest BCUT2D eigenvalue weighted by Crippen LogP contribution is 2.29. The van der Waals surface area contributed by atoms with Crippen molar-refractivity contribution in [1.29, 1.82) is 0 Å². The normalized spacial score (nSPS) is 9.40. The van der Waals surface area contributed by atoms with Crippen LogP contribution >= 0.6 is 24.2 Å². The van der Waals surface area contributed by atoms with Crippen LogP contribution in [0.2, 0.25) is 5.02 Å². The highest BCUT2D eigenvalue weighted by molar-refractivity contribution is 7.80. The molecule has 0 bridgehead atoms. The minimum Gasteiger partial charge on any atom is -0.263 e. The van der Waals surface area contributed by atoms with Crippen molar-refractivity contribution in [1.82, 2.24) is 0 Å². The van der Waals surface area contributed by atoms with E-state index in [-0.39, 0.29) is 0 Å². The van der Waals surface area contributed by atoms with Crippen molar-refractivity contribution in [2.75, 3.05) is 0 Å². The highest BCUT2D eigenvalue weighted by Gasteiger charge is 1.98. The van der Waals surface area contributed by atoms with E-state index < -0.39 is 0 Å². The first-order chi connectivity index (χ1) is 4.75. The van der Waals surface area contributed by atoms with Gasteiger partial charge in [-0.15, -0.1) is 12.6 Å². The second-order valence-corrected chi connectivity index (χ2v) is 2.62. The largest absolute Gasteiger partial charge is 0.263 e. The van der Waals surface area contributed by atoms with E-state index >= 15 is 0 Å². The van der Waals surface area contributed by atoms with E-state index in [2.05, 4.69) is 24.3 Å². The predicted molar refractivity (Wildman–Crippen MR) is 47.9 cm³/mol. The van der Waals surface area contributed by atoms with Crippen molar-refractivity contribution >= 4 is 36.6 Å². The Hall–Kier alpha value is -0.470. The number of halogens is 1. The molecule has 0 unspecified atom stereocenters. The molecule has 0 aliphatic heterocycles. The maximum Gasteiger partial charge on any atom is 0.0770 e. The number of hydrogen-bond donors (Lipinski definition) is 1. The molecule has 0 spiro atoms. The van der Waals surface area contributed by atoms with Gasteiger partial charge in [-0.05, 0) is 18.9 Å². The molecule has 0 radical (unpaired) electrons. The predicted octanol–water partition coefficient (Wildman–Crippen LogP) is 2.96. The first kappa shape index (κ1) is 7.63. The van der Waals surface area contributed by atoms with Crippen LogP contribution in [0.25, 0.3) is 0 Å². The zero-order valence-electron chi connectivity index (χ0n) is 5.21. The first-order valence-corrected chi connectivity index (χ1v) is 3.52. The Labute approximate surface area is 70.2 Å². The standard InChI is InChI=1S/C7H6ClNS/c1-9-6-4-2-3-5(8)7(6)10/h2-4,10H,1H2. The molecule has 1 aromatic rings. The Balaban J connectivity index is 3.27. The van der Waals surface area contributed by atoms with E-state index in [9.17, 15) is 0 Å². The lowest BCUT2D eigenvalue weighted by Crippen LogP contribution is -1.69. The number of thiol groups is 1. The fourth-order valence-electron chi connectivity index (χ4n) is 0.632. The smallest absolute Gasteiger partial charge is 0.0770 e. The average Bonchev–Trinajstić information content (AvgIpc) is 1.95. The summed E-state index contributed by atoms with van der Waals surface area (Å²) in [4.78, 5) is 4.40. The van der Waals surface area contributed by atoms with Crippen molar-refractivity contribution in [3.8, 4) is 0 Å². The Morgan fingerprint density at radius 3 is 2.70 bits per heavy atom. The summed E-state index contributed by atoms with van der Waals surface area (Å²) in [5.74, 6) is 0. The third-order valence-corrected chi connectivity index (χ3v) is 2.05. The third kappa shape index (κ3) is 1.33. The number of aliphatic imine (C=N–C) groups is 1.